The molecule has 0 fully saturated rings. The molecule has 2 aromatic heterocycles. The molecule has 0 radical (unpaired) electrons. The van der Waals surface area contributed by atoms with Crippen LogP contribution in [-0.2, 0) is 6.54 Å². The quantitative estimate of drug-likeness (QED) is 0.669. The number of carbonyl (C=O) groups is 1. The van der Waals surface area contributed by atoms with E-state index in [9.17, 15) is 4.79 Å². The fourth-order valence-corrected chi connectivity index (χ4v) is 2.08. The van der Waals surface area contributed by atoms with Gasteiger partial charge in [-0.1, -0.05) is 24.3 Å². The monoisotopic (exact) mass is 319 g/mol. The fraction of sp³-hybridized carbons (Fsp3) is 0.0556. The number of pyridine rings is 2. The average Bonchev–Trinajstić information content (AvgIpc) is 2.63. The average molecular weight is 319 g/mol. The molecule has 0 unspecified atom stereocenters. The molecule has 24 heavy (non-hydrogen) atoms. The van der Waals surface area contributed by atoms with Gasteiger partial charge in [0.05, 0.1) is 11.9 Å². The Morgan fingerprint density at radius 3 is 2.42 bits per heavy atom. The van der Waals surface area contributed by atoms with E-state index in [0.29, 0.717) is 12.2 Å². The number of urea groups is 1. The molecule has 6 heteroatoms. The molecule has 1 aromatic carbocycles. The van der Waals surface area contributed by atoms with Crippen LogP contribution in [0.4, 0.5) is 22.0 Å². The molecule has 3 aromatic rings. The first-order chi connectivity index (χ1) is 11.8. The molecular formula is C18H17N5O. The van der Waals surface area contributed by atoms with Gasteiger partial charge in [-0.3, -0.25) is 4.98 Å². The van der Waals surface area contributed by atoms with Gasteiger partial charge in [-0.15, -0.1) is 0 Å². The summed E-state index contributed by atoms with van der Waals surface area (Å²) in [7, 11) is 0. The number of hydrogen-bond acceptors (Lipinski definition) is 4. The van der Waals surface area contributed by atoms with Gasteiger partial charge in [-0.25, -0.2) is 9.78 Å². The smallest absolute Gasteiger partial charge is 0.323 e. The molecule has 2 amide bonds. The van der Waals surface area contributed by atoms with Gasteiger partial charge >= 0.3 is 6.03 Å². The van der Waals surface area contributed by atoms with Crippen molar-refractivity contribution in [3.63, 3.8) is 0 Å². The maximum absolute atomic E-state index is 11.9. The van der Waals surface area contributed by atoms with E-state index in [1.54, 1.807) is 24.7 Å². The molecule has 2 heterocycles. The molecule has 0 saturated heterocycles. The summed E-state index contributed by atoms with van der Waals surface area (Å²) in [5.41, 5.74) is 2.43. The Balaban J connectivity index is 1.51. The van der Waals surface area contributed by atoms with Crippen LogP contribution in [-0.4, -0.2) is 16.0 Å². The van der Waals surface area contributed by atoms with Crippen LogP contribution in [0.5, 0.6) is 0 Å². The third kappa shape index (κ3) is 4.54. The zero-order valence-corrected chi connectivity index (χ0v) is 12.9. The minimum absolute atomic E-state index is 0.306. The molecule has 3 N–H and O–H groups in total. The maximum atomic E-state index is 11.9. The van der Waals surface area contributed by atoms with Gasteiger partial charge < -0.3 is 16.0 Å². The number of hydrogen-bond donors (Lipinski definition) is 3. The van der Waals surface area contributed by atoms with E-state index in [4.69, 9.17) is 0 Å². The van der Waals surface area contributed by atoms with Crippen LogP contribution in [0.2, 0.25) is 0 Å². The van der Waals surface area contributed by atoms with Crippen LogP contribution in [0.25, 0.3) is 0 Å². The second-order valence-electron chi connectivity index (χ2n) is 5.09. The minimum atomic E-state index is -0.306. The standard InChI is InChI=1S/C18H17N5O/c24-18(22-15-6-2-1-3-7-15)23-16-8-9-17(21-13-16)20-12-14-5-4-10-19-11-14/h1-11,13H,12H2,(H,20,21)(H2,22,23,24). The predicted octanol–water partition coefficient (Wildman–Crippen LogP) is 3.73. The van der Waals surface area contributed by atoms with Crippen molar-refractivity contribution in [3.05, 3.63) is 78.8 Å². The van der Waals surface area contributed by atoms with Crippen LogP contribution in [0.3, 0.4) is 0 Å². The van der Waals surface area contributed by atoms with Gasteiger partial charge in [0.1, 0.15) is 5.82 Å². The molecule has 0 aliphatic carbocycles. The Bertz CT molecular complexity index is 776. The van der Waals surface area contributed by atoms with Crippen molar-refractivity contribution in [2.45, 2.75) is 6.54 Å². The lowest BCUT2D eigenvalue weighted by Gasteiger charge is -2.09. The minimum Gasteiger partial charge on any atom is -0.366 e. The Morgan fingerprint density at radius 1 is 0.875 bits per heavy atom. The van der Waals surface area contributed by atoms with Crippen molar-refractivity contribution in [2.24, 2.45) is 0 Å². The number of nitrogens with one attached hydrogen (secondary N) is 3. The van der Waals surface area contributed by atoms with Crippen molar-refractivity contribution < 1.29 is 4.79 Å². The van der Waals surface area contributed by atoms with Gasteiger partial charge in [-0.2, -0.15) is 0 Å². The number of anilines is 3. The van der Waals surface area contributed by atoms with Crippen LogP contribution < -0.4 is 16.0 Å². The van der Waals surface area contributed by atoms with E-state index in [2.05, 4.69) is 25.9 Å². The summed E-state index contributed by atoms with van der Waals surface area (Å²) in [6, 6.07) is 16.4. The normalized spacial score (nSPS) is 10.0. The summed E-state index contributed by atoms with van der Waals surface area (Å²) in [6.07, 6.45) is 5.15. The molecule has 6 nitrogen and oxygen atoms in total. The third-order valence-corrected chi connectivity index (χ3v) is 3.25. The van der Waals surface area contributed by atoms with E-state index in [-0.39, 0.29) is 6.03 Å². The van der Waals surface area contributed by atoms with Crippen molar-refractivity contribution in [1.82, 2.24) is 9.97 Å². The molecule has 0 saturated carbocycles. The SMILES string of the molecule is O=C(Nc1ccccc1)Nc1ccc(NCc2cccnc2)nc1. The van der Waals surface area contributed by atoms with Crippen molar-refractivity contribution in [3.8, 4) is 0 Å². The first-order valence-corrected chi connectivity index (χ1v) is 7.51. The molecule has 120 valence electrons. The highest BCUT2D eigenvalue weighted by molar-refractivity contribution is 5.99. The van der Waals surface area contributed by atoms with Crippen molar-refractivity contribution in [1.29, 1.82) is 0 Å². The molecule has 0 spiro atoms. The molecule has 3 rings (SSSR count). The van der Waals surface area contributed by atoms with E-state index >= 15 is 0 Å². The van der Waals surface area contributed by atoms with Gasteiger partial charge in [-0.05, 0) is 35.9 Å². The second kappa shape index (κ2) is 7.73. The lowest BCUT2D eigenvalue weighted by Crippen LogP contribution is -2.19. The van der Waals surface area contributed by atoms with E-state index in [1.807, 2.05) is 48.5 Å². The van der Waals surface area contributed by atoms with Crippen LogP contribution in [0.15, 0.2) is 73.2 Å². The molecule has 0 bridgehead atoms. The van der Waals surface area contributed by atoms with Crippen molar-refractivity contribution >= 4 is 23.2 Å². The number of aromatic nitrogens is 2. The number of rotatable bonds is 5. The largest absolute Gasteiger partial charge is 0.366 e. The molecular weight excluding hydrogens is 302 g/mol. The second-order valence-corrected chi connectivity index (χ2v) is 5.09. The highest BCUT2D eigenvalue weighted by Gasteiger charge is 2.03. The summed E-state index contributed by atoms with van der Waals surface area (Å²) in [6.45, 7) is 0.641. The highest BCUT2D eigenvalue weighted by atomic mass is 16.2. The first kappa shape index (κ1) is 15.5. The Kier molecular flexibility index (Phi) is 4.99. The van der Waals surface area contributed by atoms with Crippen LogP contribution in [0, 0.1) is 0 Å². The van der Waals surface area contributed by atoms with Crippen molar-refractivity contribution in [2.75, 3.05) is 16.0 Å². The highest BCUT2D eigenvalue weighted by Crippen LogP contribution is 2.12. The van der Waals surface area contributed by atoms with Gasteiger partial charge in [0, 0.05) is 24.6 Å². The molecule has 0 aliphatic heterocycles. The van der Waals surface area contributed by atoms with Gasteiger partial charge in [0.2, 0.25) is 0 Å². The zero-order valence-electron chi connectivity index (χ0n) is 12.9. The number of carbonyl (C=O) groups excluding carboxylic acids is 1. The van der Waals surface area contributed by atoms with Gasteiger partial charge in [0.25, 0.3) is 0 Å². The summed E-state index contributed by atoms with van der Waals surface area (Å²) >= 11 is 0. The lowest BCUT2D eigenvalue weighted by atomic mass is 10.3. The zero-order chi connectivity index (χ0) is 16.6. The summed E-state index contributed by atoms with van der Waals surface area (Å²) in [4.78, 5) is 20.2. The number of para-hydroxylation sites is 1. The fourth-order valence-electron chi connectivity index (χ4n) is 2.08. The summed E-state index contributed by atoms with van der Waals surface area (Å²) in [5, 5.41) is 8.69. The topological polar surface area (TPSA) is 78.9 Å². The Labute approximate surface area is 140 Å². The van der Waals surface area contributed by atoms with E-state index < -0.39 is 0 Å². The Hall–Kier alpha value is -3.41. The Morgan fingerprint density at radius 2 is 1.71 bits per heavy atom. The maximum Gasteiger partial charge on any atom is 0.323 e. The first-order valence-electron chi connectivity index (χ1n) is 7.51. The number of benzene rings is 1. The third-order valence-electron chi connectivity index (χ3n) is 3.25. The van der Waals surface area contributed by atoms with E-state index in [0.717, 1.165) is 17.1 Å². The van der Waals surface area contributed by atoms with E-state index in [1.165, 1.54) is 0 Å². The summed E-state index contributed by atoms with van der Waals surface area (Å²) in [5.74, 6) is 0.730. The van der Waals surface area contributed by atoms with Crippen LogP contribution in [0.1, 0.15) is 5.56 Å². The molecule has 0 aliphatic rings. The number of amides is 2. The van der Waals surface area contributed by atoms with Gasteiger partial charge in [0.15, 0.2) is 0 Å². The lowest BCUT2D eigenvalue weighted by molar-refractivity contribution is 0.262. The summed E-state index contributed by atoms with van der Waals surface area (Å²) < 4.78 is 0. The van der Waals surface area contributed by atoms with Crippen LogP contribution >= 0.6 is 0 Å². The predicted molar refractivity (Wildman–Crippen MR) is 94.9 cm³/mol. The molecule has 0 atom stereocenters. The number of nitrogens with zero attached hydrogens (tertiary/aromatic N) is 2.